The van der Waals surface area contributed by atoms with Crippen LogP contribution in [0.5, 0.6) is 0 Å². The van der Waals surface area contributed by atoms with Crippen molar-refractivity contribution in [3.05, 3.63) is 48.4 Å². The summed E-state index contributed by atoms with van der Waals surface area (Å²) in [5.74, 6) is 0.524. The first-order chi connectivity index (χ1) is 12.2. The summed E-state index contributed by atoms with van der Waals surface area (Å²) in [6.45, 7) is 7.17. The van der Waals surface area contributed by atoms with Gasteiger partial charge in [-0.2, -0.15) is 0 Å². The molecule has 2 aromatic rings. The number of carbonyl (C=O) groups is 1. The fourth-order valence-corrected chi connectivity index (χ4v) is 3.67. The summed E-state index contributed by atoms with van der Waals surface area (Å²) in [6, 6.07) is 8.93. The second-order valence-corrected chi connectivity index (χ2v) is 8.13. The van der Waals surface area contributed by atoms with Crippen molar-refractivity contribution >= 4 is 21.6 Å². The van der Waals surface area contributed by atoms with Gasteiger partial charge in [0.05, 0.1) is 23.2 Å². The van der Waals surface area contributed by atoms with Gasteiger partial charge in [-0.25, -0.2) is 13.1 Å². The quantitative estimate of drug-likeness (QED) is 0.655. The standard InChI is InChI=1S/C18H25N3O4S/c1-12(2)21-26(23,24)16-9-7-15(8-10-16)20-18(22)14(4)19-13(3)17-6-5-11-25-17/h5-14,19,21H,1-4H3,(H,20,22)/t13-,14-/m0/s1. The van der Waals surface area contributed by atoms with Crippen LogP contribution >= 0.6 is 0 Å². The zero-order chi connectivity index (χ0) is 19.3. The van der Waals surface area contributed by atoms with E-state index in [9.17, 15) is 13.2 Å². The lowest BCUT2D eigenvalue weighted by Crippen LogP contribution is -2.39. The van der Waals surface area contributed by atoms with Gasteiger partial charge in [0, 0.05) is 11.7 Å². The fraction of sp³-hybridized carbons (Fsp3) is 0.389. The highest BCUT2D eigenvalue weighted by Gasteiger charge is 2.19. The fourth-order valence-electron chi connectivity index (χ4n) is 2.42. The van der Waals surface area contributed by atoms with Crippen LogP contribution in [0.2, 0.25) is 0 Å². The lowest BCUT2D eigenvalue weighted by molar-refractivity contribution is -0.118. The molecule has 0 aliphatic heterocycles. The van der Waals surface area contributed by atoms with Crippen molar-refractivity contribution in [3.8, 4) is 0 Å². The average molecular weight is 379 g/mol. The van der Waals surface area contributed by atoms with Gasteiger partial charge in [0.15, 0.2) is 0 Å². The van der Waals surface area contributed by atoms with Crippen LogP contribution in [0, 0.1) is 0 Å². The zero-order valence-electron chi connectivity index (χ0n) is 15.3. The third-order valence-corrected chi connectivity index (χ3v) is 5.36. The first-order valence-electron chi connectivity index (χ1n) is 8.42. The molecule has 26 heavy (non-hydrogen) atoms. The van der Waals surface area contributed by atoms with Gasteiger partial charge in [-0.3, -0.25) is 10.1 Å². The second kappa shape index (κ2) is 8.48. The number of benzene rings is 1. The molecule has 1 heterocycles. The van der Waals surface area contributed by atoms with Crippen molar-refractivity contribution in [2.75, 3.05) is 5.32 Å². The summed E-state index contributed by atoms with van der Waals surface area (Å²) in [6.07, 6.45) is 1.59. The molecule has 0 saturated carbocycles. The summed E-state index contributed by atoms with van der Waals surface area (Å²) >= 11 is 0. The number of amides is 1. The van der Waals surface area contributed by atoms with Crippen LogP contribution in [0.1, 0.15) is 39.5 Å². The smallest absolute Gasteiger partial charge is 0.241 e. The maximum Gasteiger partial charge on any atom is 0.241 e. The van der Waals surface area contributed by atoms with Crippen molar-refractivity contribution in [3.63, 3.8) is 0 Å². The normalized spacial score (nSPS) is 14.2. The van der Waals surface area contributed by atoms with E-state index >= 15 is 0 Å². The first-order valence-corrected chi connectivity index (χ1v) is 9.90. The second-order valence-electron chi connectivity index (χ2n) is 6.42. The lowest BCUT2D eigenvalue weighted by Gasteiger charge is -2.18. The van der Waals surface area contributed by atoms with Gasteiger partial charge in [0.1, 0.15) is 5.76 Å². The number of hydrogen-bond acceptors (Lipinski definition) is 5. The van der Waals surface area contributed by atoms with Crippen molar-refractivity contribution in [2.45, 2.75) is 50.7 Å². The molecular formula is C18H25N3O4S. The van der Waals surface area contributed by atoms with E-state index in [1.165, 1.54) is 12.1 Å². The van der Waals surface area contributed by atoms with Gasteiger partial charge in [-0.15, -0.1) is 0 Å². The Hall–Kier alpha value is -2.16. The molecule has 2 rings (SSSR count). The van der Waals surface area contributed by atoms with Gasteiger partial charge in [-0.05, 0) is 64.1 Å². The number of anilines is 1. The van der Waals surface area contributed by atoms with Crippen LogP contribution < -0.4 is 15.4 Å². The molecule has 0 radical (unpaired) electrons. The predicted octanol–water partition coefficient (Wildman–Crippen LogP) is 2.64. The number of carbonyl (C=O) groups excluding carboxylic acids is 1. The van der Waals surface area contributed by atoms with E-state index in [2.05, 4.69) is 15.4 Å². The summed E-state index contributed by atoms with van der Waals surface area (Å²) < 4.78 is 32.0. The summed E-state index contributed by atoms with van der Waals surface area (Å²) in [7, 11) is -3.55. The Balaban J connectivity index is 1.96. The van der Waals surface area contributed by atoms with Gasteiger partial charge in [-0.1, -0.05) is 0 Å². The molecule has 3 N–H and O–H groups in total. The number of furan rings is 1. The largest absolute Gasteiger partial charge is 0.468 e. The highest BCUT2D eigenvalue weighted by molar-refractivity contribution is 7.89. The summed E-state index contributed by atoms with van der Waals surface area (Å²) in [5.41, 5.74) is 0.526. The van der Waals surface area contributed by atoms with Crippen molar-refractivity contribution < 1.29 is 17.6 Å². The van der Waals surface area contributed by atoms with Crippen LogP contribution in [0.3, 0.4) is 0 Å². The SMILES string of the molecule is CC(C)NS(=O)(=O)c1ccc(NC(=O)[C@H](C)N[C@@H](C)c2ccco2)cc1. The van der Waals surface area contributed by atoms with Crippen LogP contribution in [-0.2, 0) is 14.8 Å². The zero-order valence-corrected chi connectivity index (χ0v) is 16.1. The van der Waals surface area contributed by atoms with E-state index in [4.69, 9.17) is 4.42 Å². The van der Waals surface area contributed by atoms with E-state index in [0.29, 0.717) is 5.69 Å². The van der Waals surface area contributed by atoms with Crippen LogP contribution in [-0.4, -0.2) is 26.4 Å². The van der Waals surface area contributed by atoms with Gasteiger partial charge < -0.3 is 9.73 Å². The topological polar surface area (TPSA) is 100 Å². The monoisotopic (exact) mass is 379 g/mol. The van der Waals surface area contributed by atoms with Crippen molar-refractivity contribution in [1.29, 1.82) is 0 Å². The molecule has 1 aromatic heterocycles. The molecule has 1 amide bonds. The molecule has 7 nitrogen and oxygen atoms in total. The Morgan fingerprint density at radius 3 is 2.23 bits per heavy atom. The van der Waals surface area contributed by atoms with Crippen molar-refractivity contribution in [1.82, 2.24) is 10.0 Å². The molecule has 1 aromatic carbocycles. The minimum Gasteiger partial charge on any atom is -0.468 e. The molecule has 0 unspecified atom stereocenters. The van der Waals surface area contributed by atoms with Crippen LogP contribution in [0.15, 0.2) is 52.0 Å². The van der Waals surface area contributed by atoms with E-state index < -0.39 is 16.1 Å². The van der Waals surface area contributed by atoms with E-state index in [1.54, 1.807) is 45.2 Å². The Bertz CT molecular complexity index is 815. The Morgan fingerprint density at radius 1 is 1.04 bits per heavy atom. The molecule has 0 spiro atoms. The average Bonchev–Trinajstić information content (AvgIpc) is 3.08. The Morgan fingerprint density at radius 2 is 1.69 bits per heavy atom. The van der Waals surface area contributed by atoms with E-state index in [-0.39, 0.29) is 22.9 Å². The number of sulfonamides is 1. The minimum atomic E-state index is -3.55. The molecule has 0 aliphatic rings. The Labute approximate surface area is 154 Å². The molecule has 0 saturated heterocycles. The van der Waals surface area contributed by atoms with Gasteiger partial charge in [0.2, 0.25) is 15.9 Å². The van der Waals surface area contributed by atoms with Crippen molar-refractivity contribution in [2.24, 2.45) is 0 Å². The van der Waals surface area contributed by atoms with Crippen LogP contribution in [0.25, 0.3) is 0 Å². The summed E-state index contributed by atoms with van der Waals surface area (Å²) in [4.78, 5) is 12.5. The third kappa shape index (κ3) is 5.42. The molecule has 0 aliphatic carbocycles. The number of rotatable bonds is 8. The predicted molar refractivity (Wildman–Crippen MR) is 100 cm³/mol. The van der Waals surface area contributed by atoms with Gasteiger partial charge >= 0.3 is 0 Å². The number of nitrogens with one attached hydrogen (secondary N) is 3. The first kappa shape index (κ1) is 20.2. The molecule has 0 bridgehead atoms. The molecule has 8 heteroatoms. The van der Waals surface area contributed by atoms with Crippen LogP contribution in [0.4, 0.5) is 5.69 Å². The van der Waals surface area contributed by atoms with Gasteiger partial charge in [0.25, 0.3) is 0 Å². The molecule has 0 fully saturated rings. The highest BCUT2D eigenvalue weighted by atomic mass is 32.2. The Kier molecular flexibility index (Phi) is 6.57. The maximum atomic E-state index is 12.3. The van der Waals surface area contributed by atoms with E-state index in [1.807, 2.05) is 13.0 Å². The lowest BCUT2D eigenvalue weighted by atomic mass is 10.2. The third-order valence-electron chi connectivity index (χ3n) is 3.69. The highest BCUT2D eigenvalue weighted by Crippen LogP contribution is 2.16. The number of hydrogen-bond donors (Lipinski definition) is 3. The summed E-state index contributed by atoms with van der Waals surface area (Å²) in [5, 5.41) is 5.91. The van der Waals surface area contributed by atoms with E-state index in [0.717, 1.165) is 5.76 Å². The minimum absolute atomic E-state index is 0.111. The molecular weight excluding hydrogens is 354 g/mol. The molecule has 142 valence electrons. The maximum absolute atomic E-state index is 12.3. The molecule has 2 atom stereocenters.